The lowest BCUT2D eigenvalue weighted by Crippen LogP contribution is -2.61. The van der Waals surface area contributed by atoms with Gasteiger partial charge in [0.1, 0.15) is 89.8 Å². The number of carbonyl (C=O) groups is 1. The number of carbonyl (C=O) groups excluding carboxylic acids is 1. The van der Waals surface area contributed by atoms with Crippen molar-refractivity contribution in [3.05, 3.63) is 83.1 Å². The van der Waals surface area contributed by atoms with Gasteiger partial charge in [-0.1, -0.05) is 18.2 Å². The van der Waals surface area contributed by atoms with Crippen LogP contribution >= 0.6 is 0 Å². The van der Waals surface area contributed by atoms with Gasteiger partial charge in [0.2, 0.25) is 12.6 Å². The standard InChI is InChI=1S/C43H50O22/c1-17-39(65-30(48)10-5-18-3-7-20(45)8-4-18)35(53)38(56)41(59-17)58-16-29-32(50)34(52)37(55)43(64-29)62-27-14-22-24(60-40(27)19-6-9-23(47)26(11-19)57-2)12-21(46)13-25(22)61-42-36(54)33(51)31(49)28(15-44)63-42/h3-14,17,28-29,31-47,49-56H,15-16H2,1-2H3. The molecule has 16 atom stereocenters. The van der Waals surface area contributed by atoms with E-state index in [0.29, 0.717) is 5.56 Å². The molecule has 3 saturated heterocycles. The van der Waals surface area contributed by atoms with Gasteiger partial charge >= 0.3 is 5.97 Å². The van der Waals surface area contributed by atoms with E-state index in [-0.39, 0.29) is 45.6 Å². The highest BCUT2D eigenvalue weighted by atomic mass is 16.7. The first-order chi connectivity index (χ1) is 31.0. The zero-order chi connectivity index (χ0) is 46.9. The number of methoxy groups -OCH3 is 1. The van der Waals surface area contributed by atoms with Crippen molar-refractivity contribution in [2.75, 3.05) is 20.3 Å². The van der Waals surface area contributed by atoms with Gasteiger partial charge < -0.3 is 104 Å². The third-order valence-corrected chi connectivity index (χ3v) is 11.2. The SMILES string of the molecule is COc1cc(C2Oc3cc(O)cc(OC4OC(CO)C(O)C(O)C4O)c3C=C2OC2OC(COC3OC(C)C(OC(=O)C=Cc4ccc(O)cc4)C(O)C3O)C(O)C(O)C2O)ccc1O. The van der Waals surface area contributed by atoms with E-state index in [1.807, 2.05) is 0 Å². The number of phenolic OH excluding ortho intramolecular Hbond substituents is 3. The highest BCUT2D eigenvalue weighted by Gasteiger charge is 2.50. The molecule has 0 spiro atoms. The van der Waals surface area contributed by atoms with Crippen LogP contribution in [0, 0.1) is 0 Å². The molecule has 3 aromatic rings. The Morgan fingerprint density at radius 3 is 2.02 bits per heavy atom. The molecular formula is C43H50O22. The molecule has 3 fully saturated rings. The lowest BCUT2D eigenvalue weighted by atomic mass is 9.98. The van der Waals surface area contributed by atoms with Crippen LogP contribution in [0.5, 0.6) is 34.5 Å². The van der Waals surface area contributed by atoms with Gasteiger partial charge in [0.05, 0.1) is 32.0 Å². The van der Waals surface area contributed by atoms with E-state index in [4.69, 9.17) is 42.6 Å². The van der Waals surface area contributed by atoms with Gasteiger partial charge in [-0.15, -0.1) is 0 Å². The van der Waals surface area contributed by atoms with E-state index in [2.05, 4.69) is 0 Å². The van der Waals surface area contributed by atoms with Crippen LogP contribution < -0.4 is 14.2 Å². The summed E-state index contributed by atoms with van der Waals surface area (Å²) in [4.78, 5) is 12.6. The van der Waals surface area contributed by atoms with Gasteiger partial charge in [-0.3, -0.25) is 0 Å². The third-order valence-electron chi connectivity index (χ3n) is 11.2. The van der Waals surface area contributed by atoms with Gasteiger partial charge in [0.25, 0.3) is 0 Å². The Bertz CT molecular complexity index is 2180. The molecule has 0 radical (unpaired) electrons. The zero-order valence-corrected chi connectivity index (χ0v) is 34.5. The van der Waals surface area contributed by atoms with Crippen LogP contribution in [0.4, 0.5) is 0 Å². The Labute approximate surface area is 369 Å². The molecule has 22 nitrogen and oxygen atoms in total. The van der Waals surface area contributed by atoms with Crippen molar-refractivity contribution in [2.24, 2.45) is 0 Å². The lowest BCUT2D eigenvalue weighted by Gasteiger charge is -2.43. The average molecular weight is 919 g/mol. The summed E-state index contributed by atoms with van der Waals surface area (Å²) < 4.78 is 51.8. The number of hydrogen-bond acceptors (Lipinski definition) is 22. The van der Waals surface area contributed by atoms with Crippen LogP contribution in [0.15, 0.2) is 66.4 Å². The number of benzene rings is 3. The normalized spacial score (nSPS) is 34.8. The average Bonchev–Trinajstić information content (AvgIpc) is 3.29. The van der Waals surface area contributed by atoms with Crippen LogP contribution in [-0.4, -0.2) is 180 Å². The van der Waals surface area contributed by atoms with Crippen LogP contribution in [0.2, 0.25) is 0 Å². The number of esters is 1. The summed E-state index contributed by atoms with van der Waals surface area (Å²) in [6.45, 7) is 0.0512. The number of aromatic hydroxyl groups is 3. The largest absolute Gasteiger partial charge is 0.508 e. The minimum absolute atomic E-state index is 0.0157. The van der Waals surface area contributed by atoms with Crippen LogP contribution in [0.1, 0.15) is 29.7 Å². The first-order valence-corrected chi connectivity index (χ1v) is 20.2. The number of rotatable bonds is 13. The van der Waals surface area contributed by atoms with Crippen molar-refractivity contribution >= 4 is 18.1 Å². The summed E-state index contributed by atoms with van der Waals surface area (Å²) in [5.41, 5.74) is 0.868. The summed E-state index contributed by atoms with van der Waals surface area (Å²) in [6.07, 6.45) is -22.4. The maximum atomic E-state index is 12.6. The summed E-state index contributed by atoms with van der Waals surface area (Å²) in [7, 11) is 1.30. The van der Waals surface area contributed by atoms with E-state index >= 15 is 0 Å². The van der Waals surface area contributed by atoms with Gasteiger partial charge in [0.15, 0.2) is 30.0 Å². The summed E-state index contributed by atoms with van der Waals surface area (Å²) in [6, 6.07) is 12.4. The fourth-order valence-electron chi connectivity index (χ4n) is 7.51. The Morgan fingerprint density at radius 2 is 1.34 bits per heavy atom. The van der Waals surface area contributed by atoms with E-state index in [1.165, 1.54) is 62.6 Å². The summed E-state index contributed by atoms with van der Waals surface area (Å²) in [5.74, 6) is -1.92. The molecule has 65 heavy (non-hydrogen) atoms. The number of phenols is 3. The molecule has 22 heteroatoms. The molecule has 0 saturated carbocycles. The fraction of sp³-hybridized carbons (Fsp3) is 0.465. The molecule has 4 aliphatic rings. The van der Waals surface area contributed by atoms with Gasteiger partial charge in [-0.2, -0.15) is 0 Å². The van der Waals surface area contributed by atoms with Crippen molar-refractivity contribution in [1.29, 1.82) is 0 Å². The second-order valence-corrected chi connectivity index (χ2v) is 15.6. The van der Waals surface area contributed by atoms with Crippen molar-refractivity contribution in [1.82, 2.24) is 0 Å². The fourth-order valence-corrected chi connectivity index (χ4v) is 7.51. The van der Waals surface area contributed by atoms with Crippen molar-refractivity contribution in [3.63, 3.8) is 0 Å². The summed E-state index contributed by atoms with van der Waals surface area (Å²) >= 11 is 0. The zero-order valence-electron chi connectivity index (χ0n) is 34.5. The molecule has 0 amide bonds. The van der Waals surface area contributed by atoms with Crippen molar-refractivity contribution in [2.45, 2.75) is 105 Å². The lowest BCUT2D eigenvalue weighted by molar-refractivity contribution is -0.325. The number of hydrogen-bond donors (Lipinski definition) is 12. The smallest absolute Gasteiger partial charge is 0.331 e. The highest BCUT2D eigenvalue weighted by molar-refractivity contribution is 5.87. The second kappa shape index (κ2) is 20.1. The molecule has 3 aromatic carbocycles. The van der Waals surface area contributed by atoms with E-state index in [0.717, 1.165) is 12.1 Å². The first kappa shape index (κ1) is 47.6. The maximum Gasteiger partial charge on any atom is 0.331 e. The monoisotopic (exact) mass is 918 g/mol. The molecule has 4 aliphatic heterocycles. The molecule has 0 bridgehead atoms. The molecule has 16 unspecified atom stereocenters. The number of fused-ring (bicyclic) bond motifs is 1. The minimum Gasteiger partial charge on any atom is -0.508 e. The van der Waals surface area contributed by atoms with E-state index in [9.17, 15) is 66.1 Å². The van der Waals surface area contributed by atoms with Gasteiger partial charge in [0, 0.05) is 23.8 Å². The van der Waals surface area contributed by atoms with Gasteiger partial charge in [-0.25, -0.2) is 4.79 Å². The second-order valence-electron chi connectivity index (χ2n) is 15.6. The molecule has 7 rings (SSSR count). The quantitative estimate of drug-likeness (QED) is 0.0678. The number of aliphatic hydroxyl groups is 9. The molecule has 0 aliphatic carbocycles. The first-order valence-electron chi connectivity index (χ1n) is 20.2. The van der Waals surface area contributed by atoms with Gasteiger partial charge in [-0.05, 0) is 48.9 Å². The van der Waals surface area contributed by atoms with E-state index < -0.39 is 123 Å². The Kier molecular flexibility index (Phi) is 14.7. The van der Waals surface area contributed by atoms with Crippen LogP contribution in [0.3, 0.4) is 0 Å². The predicted octanol–water partition coefficient (Wildman–Crippen LogP) is -1.60. The van der Waals surface area contributed by atoms with Crippen LogP contribution in [0.25, 0.3) is 12.2 Å². The van der Waals surface area contributed by atoms with Crippen LogP contribution in [-0.2, 0) is 33.2 Å². The molecular weight excluding hydrogens is 868 g/mol. The highest BCUT2D eigenvalue weighted by Crippen LogP contribution is 2.46. The Morgan fingerprint density at radius 1 is 0.692 bits per heavy atom. The Hall–Kier alpha value is -5.31. The third kappa shape index (κ3) is 10.2. The topological polar surface area (TPSA) is 343 Å². The predicted molar refractivity (Wildman–Crippen MR) is 216 cm³/mol. The van der Waals surface area contributed by atoms with Crippen molar-refractivity contribution in [3.8, 4) is 34.5 Å². The maximum absolute atomic E-state index is 12.6. The van der Waals surface area contributed by atoms with Crippen molar-refractivity contribution < 1.29 is 109 Å². The number of ether oxygens (including phenoxy) is 9. The summed E-state index contributed by atoms with van der Waals surface area (Å²) in [5, 5.41) is 127. The Balaban J connectivity index is 1.09. The molecule has 4 heterocycles. The van der Waals surface area contributed by atoms with E-state index in [1.54, 1.807) is 12.1 Å². The molecule has 354 valence electrons. The molecule has 0 aromatic heterocycles. The number of aliphatic hydroxyl groups excluding tert-OH is 9. The molecule has 12 N–H and O–H groups in total. The minimum atomic E-state index is -1.94.